The van der Waals surface area contributed by atoms with Crippen molar-refractivity contribution in [2.75, 3.05) is 0 Å². The number of aromatic nitrogens is 2. The summed E-state index contributed by atoms with van der Waals surface area (Å²) >= 11 is 0. The van der Waals surface area contributed by atoms with Crippen molar-refractivity contribution in [1.29, 1.82) is 0 Å². The normalized spacial score (nSPS) is 12.1. The lowest BCUT2D eigenvalue weighted by Crippen LogP contribution is -1.95. The zero-order chi connectivity index (χ0) is 51.6. The number of aryl methyl sites for hydroxylation is 2. The first-order valence-electron chi connectivity index (χ1n) is 27.6. The average Bonchev–Trinajstić information content (AvgIpc) is 4.17. The molecule has 0 bridgehead atoms. The van der Waals surface area contributed by atoms with Crippen LogP contribution in [0.15, 0.2) is 255 Å². The second kappa shape index (κ2) is 17.4. The van der Waals surface area contributed by atoms with Gasteiger partial charge in [0.2, 0.25) is 0 Å². The van der Waals surface area contributed by atoms with Crippen LogP contribution in [0, 0.1) is 0 Å². The van der Waals surface area contributed by atoms with Crippen molar-refractivity contribution in [3.63, 3.8) is 0 Å². The highest BCUT2D eigenvalue weighted by Crippen LogP contribution is 2.52. The average molecular weight is 993 g/mol. The summed E-state index contributed by atoms with van der Waals surface area (Å²) in [5.41, 5.74) is 17.4. The number of benzene rings is 14. The van der Waals surface area contributed by atoms with Gasteiger partial charge < -0.3 is 9.13 Å². The van der Waals surface area contributed by atoms with Gasteiger partial charge in [-0.1, -0.05) is 218 Å². The highest BCUT2D eigenvalue weighted by atomic mass is 15.0. The maximum Gasteiger partial charge on any atom is 0.0497 e. The molecule has 0 atom stereocenters. The molecule has 0 saturated heterocycles. The SMILES string of the molecule is CCn1c2ccccc2c2c(-c3cccc4c(-c5c6cccc(-c7cccc8ccccc78)c6cc6c(-c7cccc8ccccc78)cccc56)c5cccc(-c6cccc7c6c6ccccc6n7CC)c5cc34)cccc21. The molecule has 2 nitrogen and oxygen atoms in total. The van der Waals surface area contributed by atoms with E-state index in [0.29, 0.717) is 0 Å². The Morgan fingerprint density at radius 3 is 0.859 bits per heavy atom. The lowest BCUT2D eigenvalue weighted by atomic mass is 9.81. The molecule has 0 aliphatic carbocycles. The summed E-state index contributed by atoms with van der Waals surface area (Å²) in [6.07, 6.45) is 0. The topological polar surface area (TPSA) is 9.86 Å². The third kappa shape index (κ3) is 6.38. The Bertz CT molecular complexity index is 4850. The van der Waals surface area contributed by atoms with Gasteiger partial charge in [0, 0.05) is 56.7 Å². The van der Waals surface area contributed by atoms with Gasteiger partial charge in [-0.25, -0.2) is 0 Å². The first-order chi connectivity index (χ1) is 38.7. The van der Waals surface area contributed by atoms with Gasteiger partial charge in [-0.3, -0.25) is 0 Å². The highest BCUT2D eigenvalue weighted by molar-refractivity contribution is 6.30. The quantitative estimate of drug-likeness (QED) is 0.141. The Labute approximate surface area is 452 Å². The number of hydrogen-bond donors (Lipinski definition) is 0. The molecular formula is C76H52N2. The van der Waals surface area contributed by atoms with Crippen LogP contribution >= 0.6 is 0 Å². The van der Waals surface area contributed by atoms with Gasteiger partial charge in [-0.2, -0.15) is 0 Å². The second-order valence-corrected chi connectivity index (χ2v) is 21.1. The van der Waals surface area contributed by atoms with Crippen LogP contribution in [0.3, 0.4) is 0 Å². The molecule has 2 aromatic heterocycles. The standard InChI is InChI=1S/C76H52N2/c1-3-77-69-41-11-9-27-63(69)73-57(39-19-43-71(73)77)55-33-17-37-61-67(55)46-68-56(58-40-20-44-72-74(58)64-28-10-12-42-70(64)78(72)4-2)34-18-38-62(68)76(61)75-59-35-15-31-53(51-29-13-23-47-21-5-7-25-49(47)51)65(59)45-66-54(32-16-36-60(66)75)52-30-14-24-48-22-6-8-26-50(48)52/h5-46H,3-4H2,1-2H3. The molecule has 14 aromatic carbocycles. The number of fused-ring (bicyclic) bond motifs is 12. The molecule has 2 heterocycles. The fourth-order valence-corrected chi connectivity index (χ4v) is 14.1. The fraction of sp³-hybridized carbons (Fsp3) is 0.0526. The van der Waals surface area contributed by atoms with Gasteiger partial charge in [0.1, 0.15) is 0 Å². The van der Waals surface area contributed by atoms with Crippen molar-refractivity contribution in [2.24, 2.45) is 0 Å². The molecular weight excluding hydrogens is 941 g/mol. The van der Waals surface area contributed by atoms with Crippen molar-refractivity contribution >= 4 is 108 Å². The number of nitrogens with zero attached hydrogens (tertiary/aromatic N) is 2. The summed E-state index contributed by atoms with van der Waals surface area (Å²) in [4.78, 5) is 0. The molecule has 16 rings (SSSR count). The van der Waals surface area contributed by atoms with Crippen molar-refractivity contribution < 1.29 is 0 Å². The minimum absolute atomic E-state index is 0.886. The molecule has 366 valence electrons. The fourth-order valence-electron chi connectivity index (χ4n) is 14.1. The van der Waals surface area contributed by atoms with Gasteiger partial charge >= 0.3 is 0 Å². The summed E-state index contributed by atoms with van der Waals surface area (Å²) in [5.74, 6) is 0. The lowest BCUT2D eigenvalue weighted by Gasteiger charge is -2.22. The molecule has 0 unspecified atom stereocenters. The summed E-state index contributed by atoms with van der Waals surface area (Å²) in [6.45, 7) is 6.30. The predicted octanol–water partition coefficient (Wildman–Crippen LogP) is 21.2. The summed E-state index contributed by atoms with van der Waals surface area (Å²) in [5, 5.41) is 20.0. The summed E-state index contributed by atoms with van der Waals surface area (Å²) in [7, 11) is 0. The van der Waals surface area contributed by atoms with Crippen molar-refractivity contribution in [3.05, 3.63) is 255 Å². The zero-order valence-electron chi connectivity index (χ0n) is 43.6. The van der Waals surface area contributed by atoms with E-state index in [1.807, 2.05) is 0 Å². The van der Waals surface area contributed by atoms with Crippen molar-refractivity contribution in [3.8, 4) is 55.6 Å². The van der Waals surface area contributed by atoms with E-state index >= 15 is 0 Å². The van der Waals surface area contributed by atoms with E-state index in [0.717, 1.165) is 13.1 Å². The maximum absolute atomic E-state index is 2.55. The molecule has 0 aliphatic rings. The second-order valence-electron chi connectivity index (χ2n) is 21.1. The van der Waals surface area contributed by atoms with Crippen LogP contribution in [0.4, 0.5) is 0 Å². The molecule has 0 N–H and O–H groups in total. The zero-order valence-corrected chi connectivity index (χ0v) is 43.6. The Hall–Kier alpha value is -9.76. The number of rotatable bonds is 7. The van der Waals surface area contributed by atoms with Gasteiger partial charge in [0.05, 0.1) is 0 Å². The van der Waals surface area contributed by atoms with E-state index in [4.69, 9.17) is 0 Å². The molecule has 0 radical (unpaired) electrons. The molecule has 0 saturated carbocycles. The lowest BCUT2D eigenvalue weighted by molar-refractivity contribution is 0.827. The third-order valence-electron chi connectivity index (χ3n) is 17.3. The molecule has 0 fully saturated rings. The molecule has 0 amide bonds. The third-order valence-corrected chi connectivity index (χ3v) is 17.3. The van der Waals surface area contributed by atoms with Gasteiger partial charge in [0.25, 0.3) is 0 Å². The van der Waals surface area contributed by atoms with Crippen LogP contribution in [0.5, 0.6) is 0 Å². The number of hydrogen-bond acceptors (Lipinski definition) is 0. The van der Waals surface area contributed by atoms with Crippen molar-refractivity contribution in [1.82, 2.24) is 9.13 Å². The van der Waals surface area contributed by atoms with E-state index in [-0.39, 0.29) is 0 Å². The van der Waals surface area contributed by atoms with Gasteiger partial charge in [0.15, 0.2) is 0 Å². The first-order valence-corrected chi connectivity index (χ1v) is 27.6. The minimum atomic E-state index is 0.886. The van der Waals surface area contributed by atoms with Crippen LogP contribution in [0.25, 0.3) is 164 Å². The highest BCUT2D eigenvalue weighted by Gasteiger charge is 2.25. The van der Waals surface area contributed by atoms with E-state index in [1.54, 1.807) is 0 Å². The summed E-state index contributed by atoms with van der Waals surface area (Å²) in [6, 6.07) is 96.3. The van der Waals surface area contributed by atoms with Crippen LogP contribution in [0.1, 0.15) is 13.8 Å². The van der Waals surface area contributed by atoms with E-state index in [2.05, 4.69) is 278 Å². The molecule has 2 heteroatoms. The monoisotopic (exact) mass is 992 g/mol. The smallest absolute Gasteiger partial charge is 0.0497 e. The van der Waals surface area contributed by atoms with E-state index < -0.39 is 0 Å². The van der Waals surface area contributed by atoms with Crippen LogP contribution in [-0.2, 0) is 13.1 Å². The first kappa shape index (κ1) is 44.5. The molecule has 78 heavy (non-hydrogen) atoms. The Morgan fingerprint density at radius 2 is 0.474 bits per heavy atom. The molecule has 0 spiro atoms. The Balaban J connectivity index is 1.11. The molecule has 16 aromatic rings. The predicted molar refractivity (Wildman–Crippen MR) is 336 cm³/mol. The minimum Gasteiger partial charge on any atom is -0.341 e. The van der Waals surface area contributed by atoms with Gasteiger partial charge in [-0.15, -0.1) is 0 Å². The van der Waals surface area contributed by atoms with Crippen LogP contribution < -0.4 is 0 Å². The Morgan fingerprint density at radius 1 is 0.218 bits per heavy atom. The molecule has 0 aliphatic heterocycles. The van der Waals surface area contributed by atoms with Crippen LogP contribution in [0.2, 0.25) is 0 Å². The number of para-hydroxylation sites is 2. The van der Waals surface area contributed by atoms with Crippen molar-refractivity contribution in [2.45, 2.75) is 26.9 Å². The van der Waals surface area contributed by atoms with E-state index in [1.165, 1.54) is 164 Å². The largest absolute Gasteiger partial charge is 0.341 e. The van der Waals surface area contributed by atoms with Gasteiger partial charge in [-0.05, 0) is 171 Å². The maximum atomic E-state index is 2.55. The Kier molecular flexibility index (Phi) is 9.93. The van der Waals surface area contributed by atoms with E-state index in [9.17, 15) is 0 Å². The summed E-state index contributed by atoms with van der Waals surface area (Å²) < 4.78 is 4.96. The van der Waals surface area contributed by atoms with Crippen LogP contribution in [-0.4, -0.2) is 9.13 Å².